The molecule has 27 heavy (non-hydrogen) atoms. The maximum absolute atomic E-state index is 12.2. The normalized spacial score (nSPS) is 28.0. The van der Waals surface area contributed by atoms with Crippen molar-refractivity contribution in [3.05, 3.63) is 35.9 Å². The van der Waals surface area contributed by atoms with E-state index in [4.69, 9.17) is 4.74 Å². The zero-order chi connectivity index (χ0) is 19.7. The number of nitrogens with one attached hydrogen (secondary N) is 1. The Morgan fingerprint density at radius 1 is 1.19 bits per heavy atom. The molecule has 0 bridgehead atoms. The summed E-state index contributed by atoms with van der Waals surface area (Å²) in [5, 5.41) is 14.0. The van der Waals surface area contributed by atoms with E-state index >= 15 is 0 Å². The maximum atomic E-state index is 12.2. The predicted octanol–water partition coefficient (Wildman–Crippen LogP) is 2.58. The van der Waals surface area contributed by atoms with Gasteiger partial charge in [-0.05, 0) is 57.9 Å². The second-order valence-corrected chi connectivity index (χ2v) is 9.44. The molecule has 1 aliphatic heterocycles. The van der Waals surface area contributed by atoms with Gasteiger partial charge in [0, 0.05) is 32.2 Å². The minimum absolute atomic E-state index is 0.231. The number of aliphatic hydroxyl groups is 1. The zero-order valence-corrected chi connectivity index (χ0v) is 17.1. The third-order valence-electron chi connectivity index (χ3n) is 5.73. The van der Waals surface area contributed by atoms with Gasteiger partial charge in [-0.2, -0.15) is 0 Å². The molecule has 0 aromatic heterocycles. The first-order valence-electron chi connectivity index (χ1n) is 10.1. The van der Waals surface area contributed by atoms with E-state index in [-0.39, 0.29) is 6.54 Å². The molecular weight excluding hydrogens is 340 g/mol. The van der Waals surface area contributed by atoms with Crippen molar-refractivity contribution in [1.29, 1.82) is 0 Å². The van der Waals surface area contributed by atoms with Gasteiger partial charge in [0.2, 0.25) is 0 Å². The topological polar surface area (TPSA) is 61.8 Å². The molecule has 0 spiro atoms. The van der Waals surface area contributed by atoms with Gasteiger partial charge < -0.3 is 15.2 Å². The molecule has 0 unspecified atom stereocenters. The summed E-state index contributed by atoms with van der Waals surface area (Å²) in [4.78, 5) is 14.8. The summed E-state index contributed by atoms with van der Waals surface area (Å²) in [5.74, 6) is 0.731. The van der Waals surface area contributed by atoms with E-state index in [0.717, 1.165) is 26.1 Å². The van der Waals surface area contributed by atoms with E-state index in [2.05, 4.69) is 40.5 Å². The number of carbonyl (C=O) groups excluding carboxylic acids is 1. The van der Waals surface area contributed by atoms with Crippen LogP contribution in [0.3, 0.4) is 0 Å². The van der Waals surface area contributed by atoms with Crippen molar-refractivity contribution in [1.82, 2.24) is 10.2 Å². The van der Waals surface area contributed by atoms with Gasteiger partial charge in [0.1, 0.15) is 5.60 Å². The predicted molar refractivity (Wildman–Crippen MR) is 106 cm³/mol. The van der Waals surface area contributed by atoms with Crippen LogP contribution in [0.5, 0.6) is 0 Å². The zero-order valence-electron chi connectivity index (χ0n) is 17.1. The van der Waals surface area contributed by atoms with Crippen LogP contribution < -0.4 is 5.32 Å². The average molecular weight is 375 g/mol. The van der Waals surface area contributed by atoms with Crippen LogP contribution in [0.15, 0.2) is 30.3 Å². The van der Waals surface area contributed by atoms with Gasteiger partial charge in [0.15, 0.2) is 5.60 Å². The molecular formula is C22H34N2O3. The standard InChI is InChI=1S/C22H34N2O3/c1-21(2,3)27-20(25)22(4,26)15-23-19-11-10-17-13-24(14-18(17)19)12-16-8-6-5-7-9-16/h5-9,17-19,23,26H,10-15H2,1-4H3/t17-,18+,19-,22-/m1/s1. The smallest absolute Gasteiger partial charge is 0.339 e. The molecule has 5 nitrogen and oxygen atoms in total. The Morgan fingerprint density at radius 3 is 2.56 bits per heavy atom. The molecule has 0 radical (unpaired) electrons. The van der Waals surface area contributed by atoms with Crippen LogP contribution in [0.2, 0.25) is 0 Å². The van der Waals surface area contributed by atoms with Gasteiger partial charge in [0.25, 0.3) is 0 Å². The van der Waals surface area contributed by atoms with Crippen LogP contribution in [0, 0.1) is 11.8 Å². The quantitative estimate of drug-likeness (QED) is 0.750. The monoisotopic (exact) mass is 374 g/mol. The minimum atomic E-state index is -1.51. The molecule has 4 atom stereocenters. The van der Waals surface area contributed by atoms with E-state index in [1.807, 2.05) is 20.8 Å². The van der Waals surface area contributed by atoms with Gasteiger partial charge in [-0.3, -0.25) is 4.90 Å². The minimum Gasteiger partial charge on any atom is -0.458 e. The molecule has 1 aliphatic carbocycles. The van der Waals surface area contributed by atoms with Crippen molar-refractivity contribution in [2.75, 3.05) is 19.6 Å². The largest absolute Gasteiger partial charge is 0.458 e. The summed E-state index contributed by atoms with van der Waals surface area (Å²) in [6.07, 6.45) is 2.32. The molecule has 1 heterocycles. The van der Waals surface area contributed by atoms with Crippen molar-refractivity contribution in [3.8, 4) is 0 Å². The third kappa shape index (κ3) is 5.31. The summed E-state index contributed by atoms with van der Waals surface area (Å²) >= 11 is 0. The molecule has 0 amide bonds. The van der Waals surface area contributed by atoms with E-state index in [1.165, 1.54) is 18.9 Å². The lowest BCUT2D eigenvalue weighted by Gasteiger charge is -2.30. The van der Waals surface area contributed by atoms with Crippen molar-refractivity contribution in [3.63, 3.8) is 0 Å². The lowest BCUT2D eigenvalue weighted by Crippen LogP contribution is -2.51. The highest BCUT2D eigenvalue weighted by atomic mass is 16.6. The molecule has 1 aromatic rings. The van der Waals surface area contributed by atoms with Gasteiger partial charge in [-0.15, -0.1) is 0 Å². The highest BCUT2D eigenvalue weighted by molar-refractivity contribution is 5.79. The molecule has 3 rings (SSSR count). The summed E-state index contributed by atoms with van der Waals surface area (Å²) in [5.41, 5.74) is -0.744. The van der Waals surface area contributed by atoms with Gasteiger partial charge in [-0.1, -0.05) is 30.3 Å². The second kappa shape index (κ2) is 7.90. The Morgan fingerprint density at radius 2 is 1.89 bits per heavy atom. The van der Waals surface area contributed by atoms with E-state index in [9.17, 15) is 9.90 Å². The van der Waals surface area contributed by atoms with Crippen LogP contribution in [0.4, 0.5) is 0 Å². The van der Waals surface area contributed by atoms with E-state index in [1.54, 1.807) is 0 Å². The highest BCUT2D eigenvalue weighted by Crippen LogP contribution is 2.38. The molecule has 5 heteroatoms. The van der Waals surface area contributed by atoms with Crippen molar-refractivity contribution in [2.24, 2.45) is 11.8 Å². The first-order chi connectivity index (χ1) is 12.6. The fourth-order valence-corrected chi connectivity index (χ4v) is 4.37. The van der Waals surface area contributed by atoms with Crippen molar-refractivity contribution >= 4 is 5.97 Å². The van der Waals surface area contributed by atoms with Crippen LogP contribution in [-0.2, 0) is 16.1 Å². The number of ether oxygens (including phenoxy) is 1. The van der Waals surface area contributed by atoms with Crippen molar-refractivity contribution < 1.29 is 14.6 Å². The highest BCUT2D eigenvalue weighted by Gasteiger charge is 2.43. The lowest BCUT2D eigenvalue weighted by atomic mass is 9.97. The van der Waals surface area contributed by atoms with Crippen LogP contribution in [0.25, 0.3) is 0 Å². The molecule has 2 fully saturated rings. The van der Waals surface area contributed by atoms with Crippen LogP contribution in [-0.4, -0.2) is 52.9 Å². The third-order valence-corrected chi connectivity index (χ3v) is 5.73. The number of hydrogen-bond acceptors (Lipinski definition) is 5. The number of likely N-dealkylation sites (tertiary alicyclic amines) is 1. The lowest BCUT2D eigenvalue weighted by molar-refractivity contribution is -0.175. The molecule has 2 aliphatic rings. The number of benzene rings is 1. The van der Waals surface area contributed by atoms with E-state index < -0.39 is 17.2 Å². The number of hydrogen-bond donors (Lipinski definition) is 2. The fraction of sp³-hybridized carbons (Fsp3) is 0.682. The first-order valence-corrected chi connectivity index (χ1v) is 10.1. The number of rotatable bonds is 6. The summed E-state index contributed by atoms with van der Waals surface area (Å²) < 4.78 is 5.35. The maximum Gasteiger partial charge on any atom is 0.339 e. The Labute approximate surface area is 163 Å². The summed E-state index contributed by atoms with van der Waals surface area (Å²) in [7, 11) is 0. The van der Waals surface area contributed by atoms with Gasteiger partial charge in [0.05, 0.1) is 0 Å². The molecule has 1 aromatic carbocycles. The average Bonchev–Trinajstić information content (AvgIpc) is 3.12. The SMILES string of the molecule is CC(C)(C)OC(=O)[C@](C)(O)CN[C@@H]1CC[C@@H]2CN(Cc3ccccc3)C[C@@H]21. The van der Waals surface area contributed by atoms with Crippen LogP contribution in [0.1, 0.15) is 46.1 Å². The molecule has 1 saturated carbocycles. The Hall–Kier alpha value is -1.43. The molecule has 150 valence electrons. The molecule has 1 saturated heterocycles. The number of nitrogens with zero attached hydrogens (tertiary/aromatic N) is 1. The van der Waals surface area contributed by atoms with Gasteiger partial charge in [-0.25, -0.2) is 4.79 Å². The Bertz CT molecular complexity index is 639. The number of fused-ring (bicyclic) bond motifs is 1. The van der Waals surface area contributed by atoms with E-state index in [0.29, 0.717) is 17.9 Å². The first kappa shape index (κ1) is 20.3. The summed E-state index contributed by atoms with van der Waals surface area (Å²) in [6.45, 7) is 10.4. The number of esters is 1. The van der Waals surface area contributed by atoms with Crippen LogP contribution >= 0.6 is 0 Å². The Kier molecular flexibility index (Phi) is 5.94. The fourth-order valence-electron chi connectivity index (χ4n) is 4.37. The summed E-state index contributed by atoms with van der Waals surface area (Å²) in [6, 6.07) is 11.0. The van der Waals surface area contributed by atoms with Crippen molar-refractivity contribution in [2.45, 2.75) is 64.3 Å². The van der Waals surface area contributed by atoms with Gasteiger partial charge >= 0.3 is 5.97 Å². The molecule has 2 N–H and O–H groups in total. The second-order valence-electron chi connectivity index (χ2n) is 9.44. The number of carbonyl (C=O) groups is 1. The Balaban J connectivity index is 1.51.